The summed E-state index contributed by atoms with van der Waals surface area (Å²) in [5.41, 5.74) is 2.79. The van der Waals surface area contributed by atoms with Gasteiger partial charge in [0, 0.05) is 5.56 Å². The van der Waals surface area contributed by atoms with Crippen molar-refractivity contribution in [3.8, 4) is 11.1 Å². The van der Waals surface area contributed by atoms with Crippen molar-refractivity contribution in [3.05, 3.63) is 102 Å². The number of carboxylic acids is 1. The molecule has 0 aliphatic rings. The number of carbonyl (C=O) groups is 2. The Labute approximate surface area is 151 Å². The molecule has 3 aromatic carbocycles. The highest BCUT2D eigenvalue weighted by atomic mass is 16.4. The molecule has 0 heterocycles. The molecule has 0 aromatic heterocycles. The lowest BCUT2D eigenvalue weighted by atomic mass is 9.99. The van der Waals surface area contributed by atoms with Crippen LogP contribution in [-0.2, 0) is 4.79 Å². The number of hydrogen-bond acceptors (Lipinski definition) is 2. The van der Waals surface area contributed by atoms with Crippen LogP contribution in [-0.4, -0.2) is 17.0 Å². The summed E-state index contributed by atoms with van der Waals surface area (Å²) in [5.74, 6) is -1.66. The molecule has 1 amide bonds. The van der Waals surface area contributed by atoms with Crippen molar-refractivity contribution >= 4 is 18.0 Å². The first-order valence-corrected chi connectivity index (χ1v) is 8.11. The van der Waals surface area contributed by atoms with Crippen molar-refractivity contribution in [2.24, 2.45) is 0 Å². The molecule has 128 valence electrons. The third kappa shape index (κ3) is 4.05. The molecule has 0 saturated heterocycles. The molecule has 0 saturated carbocycles. The number of carbonyl (C=O) groups excluding carboxylic acids is 1. The van der Waals surface area contributed by atoms with Gasteiger partial charge in [-0.15, -0.1) is 0 Å². The number of carboxylic acid groups (broad SMARTS) is 1. The summed E-state index contributed by atoms with van der Waals surface area (Å²) in [6, 6.07) is 25.6. The van der Waals surface area contributed by atoms with Crippen LogP contribution >= 0.6 is 0 Å². The number of hydrogen-bond donors (Lipinski definition) is 2. The van der Waals surface area contributed by atoms with Gasteiger partial charge in [-0.3, -0.25) is 4.79 Å². The first-order chi connectivity index (χ1) is 12.6. The van der Waals surface area contributed by atoms with Crippen LogP contribution in [0.1, 0.15) is 15.9 Å². The van der Waals surface area contributed by atoms with Crippen molar-refractivity contribution in [1.29, 1.82) is 0 Å². The molecule has 4 nitrogen and oxygen atoms in total. The van der Waals surface area contributed by atoms with Crippen LogP contribution in [0.3, 0.4) is 0 Å². The average Bonchev–Trinajstić information content (AvgIpc) is 2.69. The third-order valence-corrected chi connectivity index (χ3v) is 3.86. The maximum absolute atomic E-state index is 12.3. The van der Waals surface area contributed by atoms with E-state index >= 15 is 0 Å². The van der Waals surface area contributed by atoms with Gasteiger partial charge in [0.05, 0.1) is 0 Å². The lowest BCUT2D eigenvalue weighted by Gasteiger charge is -2.09. The maximum atomic E-state index is 12.3. The summed E-state index contributed by atoms with van der Waals surface area (Å²) in [6.45, 7) is 0. The smallest absolute Gasteiger partial charge is 0.352 e. The van der Waals surface area contributed by atoms with Gasteiger partial charge in [-0.2, -0.15) is 0 Å². The fourth-order valence-electron chi connectivity index (χ4n) is 2.59. The summed E-state index contributed by atoms with van der Waals surface area (Å²) < 4.78 is 0. The number of amides is 1. The van der Waals surface area contributed by atoms with E-state index in [2.05, 4.69) is 5.32 Å². The molecular formula is C22H17NO3. The molecule has 3 rings (SSSR count). The van der Waals surface area contributed by atoms with Gasteiger partial charge in [0.2, 0.25) is 0 Å². The Morgan fingerprint density at radius 1 is 0.769 bits per heavy atom. The van der Waals surface area contributed by atoms with Gasteiger partial charge in [0.15, 0.2) is 0 Å². The summed E-state index contributed by atoms with van der Waals surface area (Å²) in [6.07, 6.45) is 1.48. The predicted octanol–water partition coefficient (Wildman–Crippen LogP) is 4.21. The summed E-state index contributed by atoms with van der Waals surface area (Å²) >= 11 is 0. The number of aliphatic carboxylic acids is 1. The zero-order valence-electron chi connectivity index (χ0n) is 13.9. The minimum atomic E-state index is -1.20. The highest BCUT2D eigenvalue weighted by Crippen LogP contribution is 2.25. The highest BCUT2D eigenvalue weighted by Gasteiger charge is 2.14. The Bertz CT molecular complexity index is 947. The van der Waals surface area contributed by atoms with Gasteiger partial charge >= 0.3 is 5.97 Å². The fourth-order valence-corrected chi connectivity index (χ4v) is 2.59. The van der Waals surface area contributed by atoms with E-state index in [1.807, 2.05) is 54.6 Å². The number of nitrogens with one attached hydrogen (secondary N) is 1. The first kappa shape index (κ1) is 17.2. The molecule has 2 N–H and O–H groups in total. The van der Waals surface area contributed by atoms with Crippen LogP contribution in [0.2, 0.25) is 0 Å². The van der Waals surface area contributed by atoms with Crippen molar-refractivity contribution in [2.75, 3.05) is 0 Å². The van der Waals surface area contributed by atoms with Gasteiger partial charge in [0.25, 0.3) is 5.91 Å². The van der Waals surface area contributed by atoms with E-state index in [0.717, 1.165) is 11.1 Å². The Kier molecular flexibility index (Phi) is 5.25. The number of rotatable bonds is 5. The van der Waals surface area contributed by atoms with E-state index in [-0.39, 0.29) is 5.70 Å². The Balaban J connectivity index is 1.96. The Hall–Kier alpha value is -3.66. The normalized spacial score (nSPS) is 11.0. The molecule has 0 spiro atoms. The van der Waals surface area contributed by atoms with Gasteiger partial charge in [0.1, 0.15) is 5.70 Å². The predicted molar refractivity (Wildman–Crippen MR) is 101 cm³/mol. The molecule has 0 unspecified atom stereocenters. The van der Waals surface area contributed by atoms with Crippen LogP contribution in [0.25, 0.3) is 17.2 Å². The maximum Gasteiger partial charge on any atom is 0.352 e. The fraction of sp³-hybridized carbons (Fsp3) is 0. The van der Waals surface area contributed by atoms with Crippen molar-refractivity contribution in [2.45, 2.75) is 0 Å². The molecule has 0 atom stereocenters. The van der Waals surface area contributed by atoms with E-state index in [4.69, 9.17) is 0 Å². The monoisotopic (exact) mass is 343 g/mol. The topological polar surface area (TPSA) is 66.4 Å². The zero-order valence-corrected chi connectivity index (χ0v) is 13.9. The van der Waals surface area contributed by atoms with Crippen LogP contribution in [0.5, 0.6) is 0 Å². The van der Waals surface area contributed by atoms with Gasteiger partial charge in [-0.05, 0) is 34.9 Å². The first-order valence-electron chi connectivity index (χ1n) is 8.11. The van der Waals surface area contributed by atoms with E-state index < -0.39 is 11.9 Å². The molecule has 0 radical (unpaired) electrons. The van der Waals surface area contributed by atoms with Crippen molar-refractivity contribution in [1.82, 2.24) is 5.32 Å². The van der Waals surface area contributed by atoms with Crippen LogP contribution in [0.4, 0.5) is 0 Å². The van der Waals surface area contributed by atoms with Crippen molar-refractivity contribution in [3.63, 3.8) is 0 Å². The van der Waals surface area contributed by atoms with Gasteiger partial charge in [-0.25, -0.2) is 4.79 Å². The van der Waals surface area contributed by atoms with E-state index in [9.17, 15) is 14.7 Å². The molecule has 26 heavy (non-hydrogen) atoms. The van der Waals surface area contributed by atoms with E-state index in [1.54, 1.807) is 30.3 Å². The summed E-state index contributed by atoms with van der Waals surface area (Å²) in [5, 5.41) is 12.0. The summed E-state index contributed by atoms with van der Waals surface area (Å²) in [7, 11) is 0. The third-order valence-electron chi connectivity index (χ3n) is 3.86. The van der Waals surface area contributed by atoms with Gasteiger partial charge in [-0.1, -0.05) is 72.8 Å². The average molecular weight is 343 g/mol. The van der Waals surface area contributed by atoms with Crippen molar-refractivity contribution < 1.29 is 14.7 Å². The van der Waals surface area contributed by atoms with E-state index in [1.165, 1.54) is 6.08 Å². The van der Waals surface area contributed by atoms with E-state index in [0.29, 0.717) is 11.1 Å². The Morgan fingerprint density at radius 3 is 2.00 bits per heavy atom. The second-order valence-corrected chi connectivity index (χ2v) is 5.64. The standard InChI is InChI=1S/C22H17NO3/c24-21(17-11-5-2-6-12-17)23-20(22(25)26)15-18-13-7-8-14-19(18)16-9-3-1-4-10-16/h1-15H,(H,23,24)(H,25,26). The second kappa shape index (κ2) is 7.94. The molecule has 0 aliphatic carbocycles. The highest BCUT2D eigenvalue weighted by molar-refractivity contribution is 6.03. The minimum absolute atomic E-state index is 0.178. The molecule has 4 heteroatoms. The van der Waals surface area contributed by atoms with Crippen LogP contribution < -0.4 is 5.32 Å². The SMILES string of the molecule is O=C(O)C(=Cc1ccccc1-c1ccccc1)NC(=O)c1ccccc1. The molecule has 3 aromatic rings. The zero-order chi connectivity index (χ0) is 18.4. The quantitative estimate of drug-likeness (QED) is 0.682. The minimum Gasteiger partial charge on any atom is -0.477 e. The van der Waals surface area contributed by atoms with Crippen LogP contribution in [0, 0.1) is 0 Å². The lowest BCUT2D eigenvalue weighted by Crippen LogP contribution is -2.27. The van der Waals surface area contributed by atoms with Crippen LogP contribution in [0.15, 0.2) is 90.6 Å². The Morgan fingerprint density at radius 2 is 1.35 bits per heavy atom. The molecule has 0 bridgehead atoms. The molecule has 0 aliphatic heterocycles. The second-order valence-electron chi connectivity index (χ2n) is 5.64. The lowest BCUT2D eigenvalue weighted by molar-refractivity contribution is -0.132. The molecule has 0 fully saturated rings. The molecular weight excluding hydrogens is 326 g/mol. The number of benzene rings is 3. The largest absolute Gasteiger partial charge is 0.477 e. The van der Waals surface area contributed by atoms with Gasteiger partial charge < -0.3 is 10.4 Å². The summed E-state index contributed by atoms with van der Waals surface area (Å²) in [4.78, 5) is 23.9.